The van der Waals surface area contributed by atoms with Gasteiger partial charge in [0.15, 0.2) is 0 Å². The third-order valence-electron chi connectivity index (χ3n) is 3.92. The van der Waals surface area contributed by atoms with Crippen LogP contribution in [-0.4, -0.2) is 18.6 Å². The van der Waals surface area contributed by atoms with Crippen molar-refractivity contribution < 1.29 is 9.53 Å². The Morgan fingerprint density at radius 2 is 2.27 bits per heavy atom. The Labute approximate surface area is 89.9 Å². The summed E-state index contributed by atoms with van der Waals surface area (Å²) in [6.07, 6.45) is 2.67. The highest BCUT2D eigenvalue weighted by atomic mass is 16.5. The Morgan fingerprint density at radius 3 is 2.73 bits per heavy atom. The van der Waals surface area contributed by atoms with Crippen molar-refractivity contribution in [3.63, 3.8) is 0 Å². The van der Waals surface area contributed by atoms with Gasteiger partial charge in [-0.1, -0.05) is 6.58 Å². The van der Waals surface area contributed by atoms with Gasteiger partial charge in [0.05, 0.1) is 7.11 Å². The van der Waals surface area contributed by atoms with E-state index in [1.807, 2.05) is 6.92 Å². The van der Waals surface area contributed by atoms with Gasteiger partial charge in [-0.3, -0.25) is 0 Å². The average Bonchev–Trinajstić information content (AvgIpc) is 2.81. The Balaban J connectivity index is 2.17. The highest BCUT2D eigenvalue weighted by Gasteiger charge is 2.69. The summed E-state index contributed by atoms with van der Waals surface area (Å²) in [6.45, 7) is 13.0. The van der Waals surface area contributed by atoms with Gasteiger partial charge in [-0.05, 0) is 12.3 Å². The quantitative estimate of drug-likeness (QED) is 0.393. The number of hydrogen-bond acceptors (Lipinski definition) is 2. The van der Waals surface area contributed by atoms with Crippen molar-refractivity contribution in [1.82, 2.24) is 0 Å². The number of fused-ring (bicyclic) bond motifs is 1. The van der Waals surface area contributed by atoms with Crippen molar-refractivity contribution in [1.29, 1.82) is 0 Å². The van der Waals surface area contributed by atoms with Gasteiger partial charge >= 0.3 is 5.97 Å². The second-order valence-corrected chi connectivity index (χ2v) is 5.02. The van der Waals surface area contributed by atoms with E-state index in [0.717, 1.165) is 19.3 Å². The summed E-state index contributed by atoms with van der Waals surface area (Å²) in [5.74, 6) is 0.162. The molecule has 0 aromatic carbocycles. The minimum atomic E-state index is -0.313. The number of methoxy groups -OCH3 is 1. The van der Waals surface area contributed by atoms with Crippen molar-refractivity contribution in [2.45, 2.75) is 31.7 Å². The topological polar surface area (TPSA) is 30.7 Å². The molecule has 15 heavy (non-hydrogen) atoms. The lowest BCUT2D eigenvalue weighted by molar-refractivity contribution is -0.136. The SMILES string of the molecule is [C-]#[N+]C1(C)CC2CC2(C(=C)C(=O)OC)C1. The predicted molar refractivity (Wildman–Crippen MR) is 55.9 cm³/mol. The molecule has 80 valence electrons. The van der Waals surface area contributed by atoms with Crippen LogP contribution < -0.4 is 0 Å². The molecule has 2 saturated carbocycles. The zero-order valence-electron chi connectivity index (χ0n) is 9.17. The monoisotopic (exact) mass is 205 g/mol. The molecule has 2 rings (SSSR count). The number of carbonyl (C=O) groups is 1. The molecule has 2 aliphatic carbocycles. The first-order valence-electron chi connectivity index (χ1n) is 5.14. The first-order chi connectivity index (χ1) is 6.97. The van der Waals surface area contributed by atoms with Crippen molar-refractivity contribution in [3.8, 4) is 0 Å². The van der Waals surface area contributed by atoms with Crippen LogP contribution in [0.5, 0.6) is 0 Å². The average molecular weight is 205 g/mol. The van der Waals surface area contributed by atoms with E-state index in [1.165, 1.54) is 7.11 Å². The third-order valence-corrected chi connectivity index (χ3v) is 3.92. The molecule has 3 heteroatoms. The van der Waals surface area contributed by atoms with Crippen LogP contribution in [0.2, 0.25) is 0 Å². The van der Waals surface area contributed by atoms with Crippen molar-refractivity contribution in [2.24, 2.45) is 11.3 Å². The number of carbonyl (C=O) groups excluding carboxylic acids is 1. The summed E-state index contributed by atoms with van der Waals surface area (Å²) in [5, 5.41) is 0. The fourth-order valence-corrected chi connectivity index (χ4v) is 3.04. The number of nitrogens with zero attached hydrogens (tertiary/aromatic N) is 1. The van der Waals surface area contributed by atoms with Gasteiger partial charge in [-0.25, -0.2) is 11.4 Å². The summed E-state index contributed by atoms with van der Waals surface area (Å²) >= 11 is 0. The highest BCUT2D eigenvalue weighted by Crippen LogP contribution is 2.70. The molecular formula is C12H15NO2. The van der Waals surface area contributed by atoms with E-state index in [4.69, 9.17) is 11.3 Å². The molecule has 0 radical (unpaired) electrons. The Morgan fingerprint density at radius 1 is 1.60 bits per heavy atom. The van der Waals surface area contributed by atoms with Gasteiger partial charge in [-0.2, -0.15) is 0 Å². The van der Waals surface area contributed by atoms with Crippen molar-refractivity contribution in [2.75, 3.05) is 7.11 Å². The number of ether oxygens (including phenoxy) is 1. The van der Waals surface area contributed by atoms with E-state index < -0.39 is 0 Å². The van der Waals surface area contributed by atoms with Crippen LogP contribution in [0.15, 0.2) is 12.2 Å². The second-order valence-electron chi connectivity index (χ2n) is 5.02. The van der Waals surface area contributed by atoms with E-state index in [2.05, 4.69) is 11.4 Å². The third kappa shape index (κ3) is 1.28. The molecule has 0 heterocycles. The molecule has 3 atom stereocenters. The van der Waals surface area contributed by atoms with Crippen LogP contribution >= 0.6 is 0 Å². The molecule has 0 aliphatic heterocycles. The van der Waals surface area contributed by atoms with Gasteiger partial charge in [-0.15, -0.1) is 0 Å². The van der Waals surface area contributed by atoms with Gasteiger partial charge in [0.1, 0.15) is 0 Å². The molecule has 0 spiro atoms. The van der Waals surface area contributed by atoms with Crippen LogP contribution in [0.1, 0.15) is 26.2 Å². The highest BCUT2D eigenvalue weighted by molar-refractivity contribution is 5.90. The molecule has 0 N–H and O–H groups in total. The summed E-state index contributed by atoms with van der Waals surface area (Å²) in [5.41, 5.74) is 0.175. The number of esters is 1. The van der Waals surface area contributed by atoms with Crippen LogP contribution in [0.4, 0.5) is 0 Å². The molecule has 3 nitrogen and oxygen atoms in total. The van der Waals surface area contributed by atoms with E-state index in [0.29, 0.717) is 11.5 Å². The van der Waals surface area contributed by atoms with E-state index in [-0.39, 0.29) is 16.9 Å². The lowest BCUT2D eigenvalue weighted by atomic mass is 9.88. The van der Waals surface area contributed by atoms with E-state index in [1.54, 1.807) is 0 Å². The fraction of sp³-hybridized carbons (Fsp3) is 0.667. The van der Waals surface area contributed by atoms with E-state index in [9.17, 15) is 4.79 Å². The maximum absolute atomic E-state index is 11.4. The Hall–Kier alpha value is -1.30. The summed E-state index contributed by atoms with van der Waals surface area (Å²) in [4.78, 5) is 15.1. The smallest absolute Gasteiger partial charge is 0.333 e. The van der Waals surface area contributed by atoms with Crippen molar-refractivity contribution in [3.05, 3.63) is 23.6 Å². The van der Waals surface area contributed by atoms with E-state index >= 15 is 0 Å². The first-order valence-corrected chi connectivity index (χ1v) is 5.14. The lowest BCUT2D eigenvalue weighted by Crippen LogP contribution is -2.22. The minimum absolute atomic E-state index is 0.105. The second kappa shape index (κ2) is 2.85. The summed E-state index contributed by atoms with van der Waals surface area (Å²) in [7, 11) is 1.38. The molecule has 0 saturated heterocycles. The number of hydrogen-bond donors (Lipinski definition) is 0. The maximum Gasteiger partial charge on any atom is 0.333 e. The predicted octanol–water partition coefficient (Wildman–Crippen LogP) is 2.19. The van der Waals surface area contributed by atoms with Gasteiger partial charge in [0, 0.05) is 30.8 Å². The molecule has 3 unspecified atom stereocenters. The molecule has 2 aliphatic rings. The Kier molecular flexibility index (Phi) is 1.94. The normalized spacial score (nSPS) is 41.5. The van der Waals surface area contributed by atoms with Crippen LogP contribution in [0.25, 0.3) is 4.85 Å². The van der Waals surface area contributed by atoms with Crippen LogP contribution in [0, 0.1) is 17.9 Å². The summed E-state index contributed by atoms with van der Waals surface area (Å²) in [6, 6.07) is 0. The molecule has 2 fully saturated rings. The fourth-order valence-electron chi connectivity index (χ4n) is 3.04. The largest absolute Gasteiger partial charge is 0.466 e. The molecule has 0 amide bonds. The van der Waals surface area contributed by atoms with Crippen molar-refractivity contribution >= 4 is 5.97 Å². The van der Waals surface area contributed by atoms with Gasteiger partial charge in [0.2, 0.25) is 5.54 Å². The van der Waals surface area contributed by atoms with Crippen LogP contribution in [-0.2, 0) is 9.53 Å². The molecule has 0 aromatic heterocycles. The Bertz CT molecular complexity index is 382. The molecule has 0 bridgehead atoms. The number of rotatable bonds is 2. The van der Waals surface area contributed by atoms with Crippen LogP contribution in [0.3, 0.4) is 0 Å². The summed E-state index contributed by atoms with van der Waals surface area (Å²) < 4.78 is 4.70. The zero-order chi connectivity index (χ0) is 11.3. The van der Waals surface area contributed by atoms with Gasteiger partial charge < -0.3 is 9.58 Å². The zero-order valence-corrected chi connectivity index (χ0v) is 9.17. The molecule has 0 aromatic rings. The first kappa shape index (κ1) is 10.2. The maximum atomic E-state index is 11.4. The minimum Gasteiger partial charge on any atom is -0.466 e. The standard InChI is InChI=1S/C12H15NO2/c1-8(10(14)15-4)12-6-9(12)5-11(2,7-12)13-3/h9H,1,5-7H2,2,4H3. The molecular weight excluding hydrogens is 190 g/mol. The van der Waals surface area contributed by atoms with Gasteiger partial charge in [0.25, 0.3) is 0 Å². The lowest BCUT2D eigenvalue weighted by Gasteiger charge is -2.17.